The van der Waals surface area contributed by atoms with E-state index in [1.807, 2.05) is 18.2 Å². The first kappa shape index (κ1) is 20.6. The van der Waals surface area contributed by atoms with Crippen LogP contribution in [0.25, 0.3) is 11.1 Å². The van der Waals surface area contributed by atoms with Gasteiger partial charge in [-0.1, -0.05) is 54.6 Å². The van der Waals surface area contributed by atoms with Gasteiger partial charge in [0.05, 0.1) is 18.6 Å². The number of piperidine rings is 1. The van der Waals surface area contributed by atoms with E-state index in [0.29, 0.717) is 39.0 Å². The lowest BCUT2D eigenvalue weighted by Crippen LogP contribution is -2.56. The maximum Gasteiger partial charge on any atom is 0.237 e. The van der Waals surface area contributed by atoms with Crippen molar-refractivity contribution >= 4 is 11.8 Å². The summed E-state index contributed by atoms with van der Waals surface area (Å²) in [4.78, 5) is 29.2. The molecule has 2 saturated heterocycles. The molecule has 0 aliphatic carbocycles. The lowest BCUT2D eigenvalue weighted by molar-refractivity contribution is -0.140. The van der Waals surface area contributed by atoms with Crippen LogP contribution in [0.1, 0.15) is 24.8 Å². The van der Waals surface area contributed by atoms with Crippen molar-refractivity contribution in [3.63, 3.8) is 0 Å². The van der Waals surface area contributed by atoms with Crippen LogP contribution in [0, 0.1) is 0 Å². The zero-order chi connectivity index (χ0) is 20.9. The van der Waals surface area contributed by atoms with Gasteiger partial charge in [0.1, 0.15) is 0 Å². The van der Waals surface area contributed by atoms with E-state index >= 15 is 0 Å². The third-order valence-corrected chi connectivity index (χ3v) is 6.07. The van der Waals surface area contributed by atoms with Crippen molar-refractivity contribution in [2.24, 2.45) is 0 Å². The zero-order valence-electron chi connectivity index (χ0n) is 17.2. The molecule has 1 atom stereocenters. The number of aliphatic hydroxyl groups excluding tert-OH is 1. The van der Waals surface area contributed by atoms with Crippen LogP contribution in [0.2, 0.25) is 0 Å². The highest BCUT2D eigenvalue weighted by Gasteiger charge is 2.33. The molecule has 2 aromatic carbocycles. The summed E-state index contributed by atoms with van der Waals surface area (Å²) in [6, 6.07) is 18.2. The number of carbonyl (C=O) groups excluding carboxylic acids is 2. The summed E-state index contributed by atoms with van der Waals surface area (Å²) in [5.41, 5.74) is 3.47. The van der Waals surface area contributed by atoms with Crippen molar-refractivity contribution in [2.45, 2.75) is 38.0 Å². The zero-order valence-corrected chi connectivity index (χ0v) is 17.2. The van der Waals surface area contributed by atoms with Gasteiger partial charge >= 0.3 is 0 Å². The topological polar surface area (TPSA) is 72.9 Å². The number of benzene rings is 2. The SMILES string of the molecule is O=C1NCCN(Cc2ccc(-c3ccccc3)cc2)[C@@H]1CC(=O)N1CCC(O)CC1. The predicted octanol–water partition coefficient (Wildman–Crippen LogP) is 2.03. The van der Waals surface area contributed by atoms with Crippen LogP contribution in [-0.2, 0) is 16.1 Å². The van der Waals surface area contributed by atoms with E-state index in [1.165, 1.54) is 5.56 Å². The van der Waals surface area contributed by atoms with E-state index in [0.717, 1.165) is 17.7 Å². The van der Waals surface area contributed by atoms with Gasteiger partial charge in [-0.05, 0) is 29.5 Å². The highest BCUT2D eigenvalue weighted by molar-refractivity contribution is 5.88. The Balaban J connectivity index is 1.41. The summed E-state index contributed by atoms with van der Waals surface area (Å²) in [6.45, 7) is 3.09. The summed E-state index contributed by atoms with van der Waals surface area (Å²) in [5.74, 6) is -0.0825. The smallest absolute Gasteiger partial charge is 0.237 e. The fourth-order valence-electron chi connectivity index (χ4n) is 4.25. The number of aliphatic hydroxyl groups is 1. The Morgan fingerprint density at radius 2 is 1.63 bits per heavy atom. The number of rotatable bonds is 5. The third kappa shape index (κ3) is 4.89. The van der Waals surface area contributed by atoms with E-state index in [-0.39, 0.29) is 24.3 Å². The van der Waals surface area contributed by atoms with E-state index in [9.17, 15) is 14.7 Å². The van der Waals surface area contributed by atoms with Crippen molar-refractivity contribution in [3.05, 3.63) is 60.2 Å². The van der Waals surface area contributed by atoms with Gasteiger partial charge in [0.25, 0.3) is 0 Å². The Labute approximate surface area is 177 Å². The van der Waals surface area contributed by atoms with Crippen molar-refractivity contribution in [2.75, 3.05) is 26.2 Å². The highest BCUT2D eigenvalue weighted by atomic mass is 16.3. The van der Waals surface area contributed by atoms with Crippen molar-refractivity contribution < 1.29 is 14.7 Å². The molecule has 2 aliphatic rings. The first-order valence-electron chi connectivity index (χ1n) is 10.7. The minimum absolute atomic E-state index is 0.00613. The molecule has 2 aromatic rings. The molecule has 6 nitrogen and oxygen atoms in total. The lowest BCUT2D eigenvalue weighted by atomic mass is 10.0. The van der Waals surface area contributed by atoms with E-state index < -0.39 is 6.04 Å². The molecule has 30 heavy (non-hydrogen) atoms. The van der Waals surface area contributed by atoms with Crippen molar-refractivity contribution in [1.82, 2.24) is 15.1 Å². The molecular formula is C24H29N3O3. The van der Waals surface area contributed by atoms with E-state index in [1.54, 1.807) is 4.90 Å². The number of amides is 2. The minimum Gasteiger partial charge on any atom is -0.393 e. The summed E-state index contributed by atoms with van der Waals surface area (Å²) in [7, 11) is 0. The lowest BCUT2D eigenvalue weighted by Gasteiger charge is -2.37. The van der Waals surface area contributed by atoms with Gasteiger partial charge in [-0.15, -0.1) is 0 Å². The van der Waals surface area contributed by atoms with Crippen LogP contribution < -0.4 is 5.32 Å². The normalized spacial score (nSPS) is 20.8. The molecule has 2 N–H and O–H groups in total. The fraction of sp³-hybridized carbons (Fsp3) is 0.417. The quantitative estimate of drug-likeness (QED) is 0.796. The summed E-state index contributed by atoms with van der Waals surface area (Å²) in [5, 5.41) is 12.6. The van der Waals surface area contributed by atoms with Gasteiger partial charge < -0.3 is 15.3 Å². The molecule has 0 unspecified atom stereocenters. The first-order valence-corrected chi connectivity index (χ1v) is 10.7. The van der Waals surface area contributed by atoms with Crippen LogP contribution in [0.4, 0.5) is 0 Å². The van der Waals surface area contributed by atoms with Crippen LogP contribution in [0.5, 0.6) is 0 Å². The molecule has 2 amide bonds. The Morgan fingerprint density at radius 3 is 2.33 bits per heavy atom. The molecule has 0 aromatic heterocycles. The Hall–Kier alpha value is -2.70. The van der Waals surface area contributed by atoms with Crippen LogP contribution in [0.3, 0.4) is 0 Å². The molecule has 0 radical (unpaired) electrons. The number of nitrogens with zero attached hydrogens (tertiary/aromatic N) is 2. The number of nitrogens with one attached hydrogen (secondary N) is 1. The summed E-state index contributed by atoms with van der Waals surface area (Å²) in [6.07, 6.45) is 1.09. The second-order valence-electron chi connectivity index (χ2n) is 8.16. The van der Waals surface area contributed by atoms with Gasteiger partial charge in [0, 0.05) is 32.7 Å². The maximum atomic E-state index is 12.8. The fourth-order valence-corrected chi connectivity index (χ4v) is 4.25. The second-order valence-corrected chi connectivity index (χ2v) is 8.16. The molecular weight excluding hydrogens is 378 g/mol. The number of hydrogen-bond acceptors (Lipinski definition) is 4. The molecule has 2 aliphatic heterocycles. The Bertz CT molecular complexity index is 861. The number of piperazine rings is 1. The first-order chi connectivity index (χ1) is 14.6. The van der Waals surface area contributed by atoms with Gasteiger partial charge in [-0.3, -0.25) is 14.5 Å². The monoisotopic (exact) mass is 407 g/mol. The van der Waals surface area contributed by atoms with Crippen LogP contribution in [-0.4, -0.2) is 65.0 Å². The maximum absolute atomic E-state index is 12.8. The molecule has 2 fully saturated rings. The van der Waals surface area contributed by atoms with Crippen molar-refractivity contribution in [3.8, 4) is 11.1 Å². The van der Waals surface area contributed by atoms with Gasteiger partial charge in [0.2, 0.25) is 11.8 Å². The number of likely N-dealkylation sites (tertiary alicyclic amines) is 1. The Morgan fingerprint density at radius 1 is 0.967 bits per heavy atom. The summed E-state index contributed by atoms with van der Waals surface area (Å²) >= 11 is 0. The standard InChI is InChI=1S/C24H29N3O3/c28-21-10-13-26(14-11-21)23(29)16-22-24(30)25-12-15-27(22)17-18-6-8-20(9-7-18)19-4-2-1-3-5-19/h1-9,21-22,28H,10-17H2,(H,25,30)/t22-/m1/s1. The molecule has 4 rings (SSSR count). The second kappa shape index (κ2) is 9.41. The van der Waals surface area contributed by atoms with E-state index in [4.69, 9.17) is 0 Å². The Kier molecular flexibility index (Phi) is 6.45. The van der Waals surface area contributed by atoms with Gasteiger partial charge in [0.15, 0.2) is 0 Å². The predicted molar refractivity (Wildman–Crippen MR) is 116 cm³/mol. The minimum atomic E-state index is -0.452. The number of carbonyl (C=O) groups is 2. The third-order valence-electron chi connectivity index (χ3n) is 6.07. The number of hydrogen-bond donors (Lipinski definition) is 2. The molecule has 0 spiro atoms. The van der Waals surface area contributed by atoms with Gasteiger partial charge in [-0.25, -0.2) is 0 Å². The van der Waals surface area contributed by atoms with Crippen molar-refractivity contribution in [1.29, 1.82) is 0 Å². The average Bonchev–Trinajstić information content (AvgIpc) is 2.77. The molecule has 0 bridgehead atoms. The molecule has 6 heteroatoms. The molecule has 158 valence electrons. The molecule has 2 heterocycles. The van der Waals surface area contributed by atoms with Crippen LogP contribution in [0.15, 0.2) is 54.6 Å². The van der Waals surface area contributed by atoms with Crippen LogP contribution >= 0.6 is 0 Å². The average molecular weight is 408 g/mol. The van der Waals surface area contributed by atoms with Gasteiger partial charge in [-0.2, -0.15) is 0 Å². The van der Waals surface area contributed by atoms with E-state index in [2.05, 4.69) is 46.6 Å². The summed E-state index contributed by atoms with van der Waals surface area (Å²) < 4.78 is 0. The largest absolute Gasteiger partial charge is 0.393 e. The highest BCUT2D eigenvalue weighted by Crippen LogP contribution is 2.21. The molecule has 0 saturated carbocycles.